The molecule has 0 amide bonds. The quantitative estimate of drug-likeness (QED) is 0.900. The van der Waals surface area contributed by atoms with Gasteiger partial charge in [0.25, 0.3) is 0 Å². The molecule has 0 radical (unpaired) electrons. The van der Waals surface area contributed by atoms with Crippen molar-refractivity contribution in [3.63, 3.8) is 0 Å². The summed E-state index contributed by atoms with van der Waals surface area (Å²) in [6.07, 6.45) is 2.17. The molecule has 86 valence electrons. The summed E-state index contributed by atoms with van der Waals surface area (Å²) >= 11 is 3.59. The molecule has 0 saturated carbocycles. The van der Waals surface area contributed by atoms with Crippen LogP contribution in [0.4, 0.5) is 0 Å². The molecule has 1 N–H and O–H groups in total. The van der Waals surface area contributed by atoms with Crippen molar-refractivity contribution in [1.82, 2.24) is 5.32 Å². The van der Waals surface area contributed by atoms with E-state index in [1.54, 1.807) is 0 Å². The number of benzene rings is 1. The third-order valence-corrected chi connectivity index (χ3v) is 4.00. The highest BCUT2D eigenvalue weighted by molar-refractivity contribution is 9.10. The van der Waals surface area contributed by atoms with Gasteiger partial charge in [-0.15, -0.1) is 0 Å². The van der Waals surface area contributed by atoms with E-state index in [1.165, 1.54) is 15.6 Å². The molecule has 0 atom stereocenters. The van der Waals surface area contributed by atoms with E-state index < -0.39 is 0 Å². The van der Waals surface area contributed by atoms with Crippen molar-refractivity contribution in [2.45, 2.75) is 19.8 Å². The first kappa shape index (κ1) is 10.6. The summed E-state index contributed by atoms with van der Waals surface area (Å²) in [6, 6.07) is 4.40. The summed E-state index contributed by atoms with van der Waals surface area (Å²) in [5.74, 6) is 1.15. The maximum atomic E-state index is 5.76. The second-order valence-corrected chi connectivity index (χ2v) is 6.16. The zero-order valence-electron chi connectivity index (χ0n) is 9.48. The van der Waals surface area contributed by atoms with Crippen molar-refractivity contribution in [1.29, 1.82) is 0 Å². The van der Waals surface area contributed by atoms with Crippen LogP contribution in [-0.2, 0) is 12.8 Å². The predicted molar refractivity (Wildman–Crippen MR) is 68.0 cm³/mol. The van der Waals surface area contributed by atoms with Crippen LogP contribution in [0.2, 0.25) is 0 Å². The number of hydrogen-bond acceptors (Lipinski definition) is 2. The third-order valence-electron chi connectivity index (χ3n) is 3.55. The van der Waals surface area contributed by atoms with Gasteiger partial charge in [0, 0.05) is 24.0 Å². The van der Waals surface area contributed by atoms with Crippen LogP contribution in [0.15, 0.2) is 16.6 Å². The minimum absolute atomic E-state index is 0.417. The number of hydrogen-bond donors (Lipinski definition) is 1. The maximum absolute atomic E-state index is 5.76. The highest BCUT2D eigenvalue weighted by Gasteiger charge is 2.33. The first-order valence-corrected chi connectivity index (χ1v) is 6.60. The number of halogens is 1. The Hall–Kier alpha value is -0.540. The van der Waals surface area contributed by atoms with Gasteiger partial charge in [0.05, 0.1) is 6.61 Å². The number of ether oxygens (including phenoxy) is 1. The fourth-order valence-electron chi connectivity index (χ4n) is 2.61. The third kappa shape index (κ3) is 1.76. The molecule has 3 heteroatoms. The van der Waals surface area contributed by atoms with E-state index in [1.807, 2.05) is 0 Å². The van der Waals surface area contributed by atoms with Crippen LogP contribution in [-0.4, -0.2) is 19.7 Å². The standard InChI is InChI=1S/C13H16BrNO/c1-13(7-15-8-13)6-10-5-11(14)4-9-2-3-16-12(9)10/h4-5,15H,2-3,6-8H2,1H3. The van der Waals surface area contributed by atoms with Crippen LogP contribution in [0.1, 0.15) is 18.1 Å². The number of fused-ring (bicyclic) bond motifs is 1. The number of rotatable bonds is 2. The number of nitrogens with one attached hydrogen (secondary N) is 1. The highest BCUT2D eigenvalue weighted by Crippen LogP contribution is 2.37. The van der Waals surface area contributed by atoms with Gasteiger partial charge in [-0.3, -0.25) is 0 Å². The first-order valence-electron chi connectivity index (χ1n) is 5.81. The van der Waals surface area contributed by atoms with E-state index in [9.17, 15) is 0 Å². The molecule has 2 aliphatic rings. The largest absolute Gasteiger partial charge is 0.493 e. The fourth-order valence-corrected chi connectivity index (χ4v) is 3.17. The van der Waals surface area contributed by atoms with Crippen molar-refractivity contribution >= 4 is 15.9 Å². The molecular weight excluding hydrogens is 266 g/mol. The zero-order chi connectivity index (χ0) is 11.2. The smallest absolute Gasteiger partial charge is 0.125 e. The summed E-state index contributed by atoms with van der Waals surface area (Å²) in [7, 11) is 0. The van der Waals surface area contributed by atoms with Gasteiger partial charge in [-0.25, -0.2) is 0 Å². The molecule has 0 aromatic heterocycles. The van der Waals surface area contributed by atoms with Crippen molar-refractivity contribution in [2.75, 3.05) is 19.7 Å². The maximum Gasteiger partial charge on any atom is 0.125 e. The molecule has 1 saturated heterocycles. The van der Waals surface area contributed by atoms with Gasteiger partial charge < -0.3 is 10.1 Å². The lowest BCUT2D eigenvalue weighted by Gasteiger charge is -2.39. The molecule has 0 bridgehead atoms. The molecule has 1 aromatic carbocycles. The van der Waals surface area contributed by atoms with Crippen LogP contribution in [0.3, 0.4) is 0 Å². The Labute approximate surface area is 105 Å². The lowest BCUT2D eigenvalue weighted by molar-refractivity contribution is 0.193. The zero-order valence-corrected chi connectivity index (χ0v) is 11.1. The molecular formula is C13H16BrNO. The van der Waals surface area contributed by atoms with Crippen LogP contribution in [0.5, 0.6) is 5.75 Å². The van der Waals surface area contributed by atoms with Crippen LogP contribution >= 0.6 is 15.9 Å². The summed E-state index contributed by atoms with van der Waals surface area (Å²) in [4.78, 5) is 0. The Morgan fingerprint density at radius 1 is 1.44 bits per heavy atom. The second kappa shape index (κ2) is 3.74. The Balaban J connectivity index is 1.94. The predicted octanol–water partition coefficient (Wildman–Crippen LogP) is 2.54. The molecule has 1 aromatic rings. The Morgan fingerprint density at radius 2 is 2.25 bits per heavy atom. The van der Waals surface area contributed by atoms with Crippen LogP contribution in [0.25, 0.3) is 0 Å². The van der Waals surface area contributed by atoms with Gasteiger partial charge in [-0.05, 0) is 35.1 Å². The highest BCUT2D eigenvalue weighted by atomic mass is 79.9. The normalized spacial score (nSPS) is 21.1. The van der Waals surface area contributed by atoms with Gasteiger partial charge in [0.15, 0.2) is 0 Å². The lowest BCUT2D eigenvalue weighted by atomic mass is 9.78. The Bertz CT molecular complexity index is 426. The van der Waals surface area contributed by atoms with E-state index in [2.05, 4.69) is 40.3 Å². The minimum atomic E-state index is 0.417. The van der Waals surface area contributed by atoms with Crippen molar-refractivity contribution in [3.05, 3.63) is 27.7 Å². The average molecular weight is 282 g/mol. The second-order valence-electron chi connectivity index (χ2n) is 5.24. The SMILES string of the molecule is CC1(Cc2cc(Br)cc3c2OCC3)CNC1. The van der Waals surface area contributed by atoms with Crippen LogP contribution < -0.4 is 10.1 Å². The van der Waals surface area contributed by atoms with E-state index in [-0.39, 0.29) is 0 Å². The monoisotopic (exact) mass is 281 g/mol. The summed E-state index contributed by atoms with van der Waals surface area (Å²) < 4.78 is 6.94. The Morgan fingerprint density at radius 3 is 2.94 bits per heavy atom. The van der Waals surface area contributed by atoms with Crippen molar-refractivity contribution < 1.29 is 4.74 Å². The summed E-state index contributed by atoms with van der Waals surface area (Å²) in [6.45, 7) is 5.42. The lowest BCUT2D eigenvalue weighted by Crippen LogP contribution is -2.52. The molecule has 0 unspecified atom stereocenters. The summed E-state index contributed by atoms with van der Waals surface area (Å²) in [5, 5.41) is 3.35. The van der Waals surface area contributed by atoms with Gasteiger partial charge in [-0.1, -0.05) is 22.9 Å². The molecule has 2 heterocycles. The molecule has 2 nitrogen and oxygen atoms in total. The molecule has 0 aliphatic carbocycles. The van der Waals surface area contributed by atoms with Crippen molar-refractivity contribution in [3.8, 4) is 5.75 Å². The Kier molecular flexibility index (Phi) is 2.48. The first-order chi connectivity index (χ1) is 7.66. The van der Waals surface area contributed by atoms with Gasteiger partial charge in [0.1, 0.15) is 5.75 Å². The molecule has 3 rings (SSSR count). The average Bonchev–Trinajstić information content (AvgIpc) is 2.63. The topological polar surface area (TPSA) is 21.3 Å². The van der Waals surface area contributed by atoms with Crippen LogP contribution in [0, 0.1) is 5.41 Å². The van der Waals surface area contributed by atoms with Gasteiger partial charge in [-0.2, -0.15) is 0 Å². The summed E-state index contributed by atoms with van der Waals surface area (Å²) in [5.41, 5.74) is 3.15. The van der Waals surface area contributed by atoms with E-state index in [0.29, 0.717) is 5.41 Å². The van der Waals surface area contributed by atoms with E-state index in [4.69, 9.17) is 4.74 Å². The minimum Gasteiger partial charge on any atom is -0.493 e. The fraction of sp³-hybridized carbons (Fsp3) is 0.538. The van der Waals surface area contributed by atoms with E-state index >= 15 is 0 Å². The molecule has 2 aliphatic heterocycles. The molecule has 1 fully saturated rings. The van der Waals surface area contributed by atoms with Gasteiger partial charge in [0.2, 0.25) is 0 Å². The van der Waals surface area contributed by atoms with Crippen molar-refractivity contribution in [2.24, 2.45) is 5.41 Å². The van der Waals surface area contributed by atoms with E-state index in [0.717, 1.165) is 38.3 Å². The molecule has 16 heavy (non-hydrogen) atoms. The molecule has 0 spiro atoms. The van der Waals surface area contributed by atoms with Gasteiger partial charge >= 0.3 is 0 Å².